The highest BCUT2D eigenvalue weighted by molar-refractivity contribution is 6.34. The Labute approximate surface area is 132 Å². The number of hydrogen-bond donors (Lipinski definition) is 2. The maximum absolute atomic E-state index is 11.4. The van der Waals surface area contributed by atoms with Crippen LogP contribution in [0.15, 0.2) is 42.5 Å². The molecular formula is C15H14Cl2N2O2. The Balaban J connectivity index is 2.10. The minimum atomic E-state index is -0.256. The quantitative estimate of drug-likeness (QED) is 0.504. The fraction of sp³-hybridized carbons (Fsp3) is 0.133. The molecule has 0 saturated heterocycles. The van der Waals surface area contributed by atoms with Crippen molar-refractivity contribution in [1.29, 1.82) is 0 Å². The van der Waals surface area contributed by atoms with E-state index in [-0.39, 0.29) is 12.3 Å². The van der Waals surface area contributed by atoms with E-state index in [1.165, 1.54) is 0 Å². The third-order valence-corrected chi connectivity index (χ3v) is 3.30. The first-order valence-electron chi connectivity index (χ1n) is 6.23. The second-order valence-corrected chi connectivity index (χ2v) is 5.28. The van der Waals surface area contributed by atoms with Gasteiger partial charge < -0.3 is 4.74 Å². The molecule has 4 nitrogen and oxygen atoms in total. The Morgan fingerprint density at radius 1 is 1.10 bits per heavy atom. The summed E-state index contributed by atoms with van der Waals surface area (Å²) in [5.74, 6) is 5.43. The lowest BCUT2D eigenvalue weighted by Gasteiger charge is -2.11. The van der Waals surface area contributed by atoms with Gasteiger partial charge in [0.2, 0.25) is 5.91 Å². The smallest absolute Gasteiger partial charge is 0.238 e. The van der Waals surface area contributed by atoms with E-state index in [2.05, 4.69) is 5.43 Å². The normalized spacial score (nSPS) is 10.2. The molecule has 0 aromatic heterocycles. The summed E-state index contributed by atoms with van der Waals surface area (Å²) in [4.78, 5) is 11.4. The molecule has 0 aliphatic heterocycles. The monoisotopic (exact) mass is 324 g/mol. The molecule has 0 aliphatic rings. The second-order valence-electron chi connectivity index (χ2n) is 4.41. The van der Waals surface area contributed by atoms with E-state index in [4.69, 9.17) is 33.8 Å². The van der Waals surface area contributed by atoms with E-state index in [1.807, 2.05) is 24.3 Å². The number of rotatable bonds is 5. The highest BCUT2D eigenvalue weighted by Crippen LogP contribution is 2.25. The lowest BCUT2D eigenvalue weighted by Crippen LogP contribution is -2.31. The van der Waals surface area contributed by atoms with E-state index in [1.54, 1.807) is 18.2 Å². The van der Waals surface area contributed by atoms with Crippen LogP contribution in [0.25, 0.3) is 0 Å². The highest BCUT2D eigenvalue weighted by Gasteiger charge is 2.08. The van der Waals surface area contributed by atoms with Gasteiger partial charge in [0, 0.05) is 10.0 Å². The van der Waals surface area contributed by atoms with Crippen molar-refractivity contribution in [2.45, 2.75) is 13.0 Å². The number of amides is 1. The molecule has 0 fully saturated rings. The minimum absolute atomic E-state index is 0.201. The Morgan fingerprint density at radius 3 is 2.33 bits per heavy atom. The van der Waals surface area contributed by atoms with Gasteiger partial charge in [0.15, 0.2) is 0 Å². The van der Waals surface area contributed by atoms with Gasteiger partial charge in [-0.2, -0.15) is 0 Å². The number of carbonyl (C=O) groups excluding carboxylic acids is 1. The number of halogens is 2. The van der Waals surface area contributed by atoms with Crippen LogP contribution in [0.1, 0.15) is 11.1 Å². The van der Waals surface area contributed by atoms with Crippen LogP contribution in [-0.2, 0) is 17.8 Å². The van der Waals surface area contributed by atoms with Gasteiger partial charge in [0.1, 0.15) is 12.4 Å². The van der Waals surface area contributed by atoms with Crippen molar-refractivity contribution in [2.75, 3.05) is 0 Å². The summed E-state index contributed by atoms with van der Waals surface area (Å²) >= 11 is 11.8. The summed E-state index contributed by atoms with van der Waals surface area (Å²) in [6.45, 7) is 0.310. The van der Waals surface area contributed by atoms with Crippen LogP contribution in [-0.4, -0.2) is 5.91 Å². The van der Waals surface area contributed by atoms with Crippen molar-refractivity contribution in [3.8, 4) is 5.75 Å². The Bertz CT molecular complexity index is 627. The number of benzene rings is 2. The van der Waals surface area contributed by atoms with Crippen LogP contribution >= 0.6 is 23.2 Å². The van der Waals surface area contributed by atoms with Crippen molar-refractivity contribution in [3.63, 3.8) is 0 Å². The SMILES string of the molecule is NNC(=O)Cc1ccccc1COc1cc(Cl)cc(Cl)c1. The number of carbonyl (C=O) groups is 1. The third-order valence-electron chi connectivity index (χ3n) is 2.86. The number of nitrogens with two attached hydrogens (primary N) is 1. The molecule has 2 rings (SSSR count). The molecule has 3 N–H and O–H groups in total. The van der Waals surface area contributed by atoms with Gasteiger partial charge in [-0.05, 0) is 29.3 Å². The van der Waals surface area contributed by atoms with E-state index in [0.717, 1.165) is 11.1 Å². The zero-order chi connectivity index (χ0) is 15.2. The van der Waals surface area contributed by atoms with Crippen LogP contribution in [0.3, 0.4) is 0 Å². The molecule has 6 heteroatoms. The van der Waals surface area contributed by atoms with Gasteiger partial charge in [0.05, 0.1) is 6.42 Å². The zero-order valence-corrected chi connectivity index (χ0v) is 12.6. The summed E-state index contributed by atoms with van der Waals surface area (Å²) in [7, 11) is 0. The van der Waals surface area contributed by atoms with Gasteiger partial charge in [-0.15, -0.1) is 0 Å². The van der Waals surface area contributed by atoms with Crippen LogP contribution in [0.2, 0.25) is 10.0 Å². The number of hydrogen-bond acceptors (Lipinski definition) is 3. The molecule has 0 radical (unpaired) electrons. The Hall–Kier alpha value is -1.75. The first-order valence-corrected chi connectivity index (χ1v) is 6.99. The van der Waals surface area contributed by atoms with Crippen molar-refractivity contribution < 1.29 is 9.53 Å². The summed E-state index contributed by atoms with van der Waals surface area (Å²) in [6.07, 6.45) is 0.201. The van der Waals surface area contributed by atoms with Gasteiger partial charge in [-0.1, -0.05) is 47.5 Å². The van der Waals surface area contributed by atoms with Crippen molar-refractivity contribution in [3.05, 3.63) is 63.6 Å². The summed E-state index contributed by atoms with van der Waals surface area (Å²) in [5, 5.41) is 1.02. The van der Waals surface area contributed by atoms with Crippen molar-refractivity contribution >= 4 is 29.1 Å². The molecule has 0 heterocycles. The van der Waals surface area contributed by atoms with E-state index in [9.17, 15) is 4.79 Å². The molecule has 0 bridgehead atoms. The van der Waals surface area contributed by atoms with Crippen LogP contribution in [0.5, 0.6) is 5.75 Å². The maximum Gasteiger partial charge on any atom is 0.238 e. The van der Waals surface area contributed by atoms with Crippen LogP contribution in [0, 0.1) is 0 Å². The standard InChI is InChI=1S/C15H14Cl2N2O2/c16-12-6-13(17)8-14(7-12)21-9-11-4-2-1-3-10(11)5-15(20)19-18/h1-4,6-8H,5,9,18H2,(H,19,20). The van der Waals surface area contributed by atoms with Gasteiger partial charge in [-0.3, -0.25) is 10.2 Å². The zero-order valence-electron chi connectivity index (χ0n) is 11.1. The van der Waals surface area contributed by atoms with Crippen molar-refractivity contribution in [1.82, 2.24) is 5.43 Å². The summed E-state index contributed by atoms with van der Waals surface area (Å²) in [6, 6.07) is 12.5. The molecular weight excluding hydrogens is 311 g/mol. The molecule has 2 aromatic carbocycles. The van der Waals surface area contributed by atoms with Gasteiger partial charge in [-0.25, -0.2) is 5.84 Å². The topological polar surface area (TPSA) is 64.3 Å². The second kappa shape index (κ2) is 7.31. The third kappa shape index (κ3) is 4.63. The number of ether oxygens (including phenoxy) is 1. The molecule has 2 aromatic rings. The van der Waals surface area contributed by atoms with E-state index < -0.39 is 0 Å². The Kier molecular flexibility index (Phi) is 5.44. The van der Waals surface area contributed by atoms with E-state index >= 15 is 0 Å². The summed E-state index contributed by atoms with van der Waals surface area (Å²) in [5.41, 5.74) is 3.87. The molecule has 0 spiro atoms. The molecule has 21 heavy (non-hydrogen) atoms. The largest absolute Gasteiger partial charge is 0.489 e. The van der Waals surface area contributed by atoms with Gasteiger partial charge >= 0.3 is 0 Å². The molecule has 110 valence electrons. The maximum atomic E-state index is 11.4. The fourth-order valence-electron chi connectivity index (χ4n) is 1.87. The molecule has 0 unspecified atom stereocenters. The molecule has 0 saturated carbocycles. The molecule has 0 aliphatic carbocycles. The first-order chi connectivity index (χ1) is 10.1. The predicted octanol–water partition coefficient (Wildman–Crippen LogP) is 3.10. The number of nitrogens with one attached hydrogen (secondary N) is 1. The predicted molar refractivity (Wildman–Crippen MR) is 83.3 cm³/mol. The first kappa shape index (κ1) is 15.6. The average molecular weight is 325 g/mol. The summed E-state index contributed by atoms with van der Waals surface area (Å²) < 4.78 is 5.68. The lowest BCUT2D eigenvalue weighted by molar-refractivity contribution is -0.120. The van der Waals surface area contributed by atoms with Crippen LogP contribution < -0.4 is 16.0 Å². The molecule has 0 atom stereocenters. The van der Waals surface area contributed by atoms with Gasteiger partial charge in [0.25, 0.3) is 0 Å². The molecule has 1 amide bonds. The highest BCUT2D eigenvalue weighted by atomic mass is 35.5. The average Bonchev–Trinajstić information content (AvgIpc) is 2.45. The lowest BCUT2D eigenvalue weighted by atomic mass is 10.1. The van der Waals surface area contributed by atoms with E-state index in [0.29, 0.717) is 22.4 Å². The van der Waals surface area contributed by atoms with Crippen molar-refractivity contribution in [2.24, 2.45) is 5.84 Å². The number of hydrazine groups is 1. The minimum Gasteiger partial charge on any atom is -0.489 e. The Morgan fingerprint density at radius 2 is 1.71 bits per heavy atom. The van der Waals surface area contributed by atoms with Crippen LogP contribution in [0.4, 0.5) is 0 Å². The fourth-order valence-corrected chi connectivity index (χ4v) is 2.37.